The second-order valence-electron chi connectivity index (χ2n) is 6.43. The minimum Gasteiger partial charge on any atom is -0.496 e. The second-order valence-corrected chi connectivity index (χ2v) is 8.08. The summed E-state index contributed by atoms with van der Waals surface area (Å²) >= 11 is 0. The molecule has 3 aromatic rings. The molecule has 7 nitrogen and oxygen atoms in total. The van der Waals surface area contributed by atoms with Crippen molar-refractivity contribution in [1.29, 1.82) is 0 Å². The molecule has 1 heterocycles. The summed E-state index contributed by atoms with van der Waals surface area (Å²) in [5, 5.41) is 2.72. The van der Waals surface area contributed by atoms with Crippen LogP contribution in [0.25, 0.3) is 0 Å². The Morgan fingerprint density at radius 3 is 2.48 bits per heavy atom. The number of benzene rings is 2. The lowest BCUT2D eigenvalue weighted by molar-refractivity contribution is 0.0949. The van der Waals surface area contributed by atoms with Crippen LogP contribution in [0.15, 0.2) is 64.1 Å². The highest BCUT2D eigenvalue weighted by Gasteiger charge is 2.22. The Kier molecular flexibility index (Phi) is 5.93. The van der Waals surface area contributed by atoms with Crippen molar-refractivity contribution < 1.29 is 22.4 Å². The van der Waals surface area contributed by atoms with Gasteiger partial charge in [-0.25, -0.2) is 8.42 Å². The predicted octanol–water partition coefficient (Wildman–Crippen LogP) is 3.64. The van der Waals surface area contributed by atoms with E-state index in [2.05, 4.69) is 10.0 Å². The van der Waals surface area contributed by atoms with Crippen LogP contribution in [-0.4, -0.2) is 21.4 Å². The molecule has 0 spiro atoms. The summed E-state index contributed by atoms with van der Waals surface area (Å²) in [6.45, 7) is 3.71. The predicted molar refractivity (Wildman–Crippen MR) is 110 cm³/mol. The number of hydrogen-bond acceptors (Lipinski definition) is 5. The molecule has 0 saturated heterocycles. The molecule has 2 aromatic carbocycles. The number of nitrogens with one attached hydrogen (secondary N) is 2. The Balaban J connectivity index is 1.86. The zero-order valence-corrected chi connectivity index (χ0v) is 17.2. The molecule has 8 heteroatoms. The van der Waals surface area contributed by atoms with Crippen molar-refractivity contribution in [2.45, 2.75) is 25.3 Å². The molecule has 0 fully saturated rings. The largest absolute Gasteiger partial charge is 0.496 e. The van der Waals surface area contributed by atoms with Crippen LogP contribution < -0.4 is 14.8 Å². The van der Waals surface area contributed by atoms with Crippen LogP contribution in [0.5, 0.6) is 5.75 Å². The highest BCUT2D eigenvalue weighted by Crippen LogP contribution is 2.28. The summed E-state index contributed by atoms with van der Waals surface area (Å²) in [5.74, 6) is 0.794. The molecular weight excluding hydrogens is 392 g/mol. The monoisotopic (exact) mass is 414 g/mol. The van der Waals surface area contributed by atoms with E-state index in [1.807, 2.05) is 0 Å². The summed E-state index contributed by atoms with van der Waals surface area (Å²) in [4.78, 5) is 12.7. The lowest BCUT2D eigenvalue weighted by atomic mass is 10.1. The van der Waals surface area contributed by atoms with Crippen molar-refractivity contribution >= 4 is 21.6 Å². The van der Waals surface area contributed by atoms with E-state index in [1.165, 1.54) is 19.4 Å². The first-order valence-electron chi connectivity index (χ1n) is 8.90. The zero-order valence-electron chi connectivity index (χ0n) is 16.4. The first-order valence-corrected chi connectivity index (χ1v) is 10.4. The molecule has 29 heavy (non-hydrogen) atoms. The van der Waals surface area contributed by atoms with E-state index in [0.717, 1.165) is 5.56 Å². The standard InChI is InChI=1S/C21H22N2O5S/c1-14-15(2)20(11-10-19(14)27-3)29(25,26)23-18-9-5-4-8-17(18)21(24)22-13-16-7-6-12-28-16/h4-12,23H,13H2,1-3H3,(H,22,24). The van der Waals surface area contributed by atoms with Crippen molar-refractivity contribution in [3.63, 3.8) is 0 Å². The molecule has 2 N–H and O–H groups in total. The average Bonchev–Trinajstić information content (AvgIpc) is 3.21. The quantitative estimate of drug-likeness (QED) is 0.615. The van der Waals surface area contributed by atoms with Gasteiger partial charge in [-0.2, -0.15) is 0 Å². The zero-order chi connectivity index (χ0) is 21.0. The highest BCUT2D eigenvalue weighted by molar-refractivity contribution is 7.92. The molecule has 152 valence electrons. The molecule has 0 aliphatic carbocycles. The van der Waals surface area contributed by atoms with Crippen molar-refractivity contribution in [1.82, 2.24) is 5.32 Å². The van der Waals surface area contributed by atoms with Crippen molar-refractivity contribution in [3.8, 4) is 5.75 Å². The molecule has 1 aromatic heterocycles. The van der Waals surface area contributed by atoms with Crippen LogP contribution >= 0.6 is 0 Å². The number of carbonyl (C=O) groups excluding carboxylic acids is 1. The lowest BCUT2D eigenvalue weighted by Gasteiger charge is -2.16. The van der Waals surface area contributed by atoms with Crippen LogP contribution in [0.1, 0.15) is 27.2 Å². The SMILES string of the molecule is COc1ccc(S(=O)(=O)Nc2ccccc2C(=O)NCc2ccco2)c(C)c1C. The topological polar surface area (TPSA) is 97.6 Å². The van der Waals surface area contributed by atoms with E-state index in [0.29, 0.717) is 17.1 Å². The molecular formula is C21H22N2O5S. The van der Waals surface area contributed by atoms with E-state index in [-0.39, 0.29) is 22.7 Å². The normalized spacial score (nSPS) is 11.1. The summed E-state index contributed by atoms with van der Waals surface area (Å²) in [6, 6.07) is 13.0. The molecule has 0 unspecified atom stereocenters. The van der Waals surface area contributed by atoms with E-state index in [4.69, 9.17) is 9.15 Å². The maximum Gasteiger partial charge on any atom is 0.262 e. The van der Waals surface area contributed by atoms with E-state index >= 15 is 0 Å². The van der Waals surface area contributed by atoms with Gasteiger partial charge < -0.3 is 14.5 Å². The molecule has 1 amide bonds. The van der Waals surface area contributed by atoms with Gasteiger partial charge >= 0.3 is 0 Å². The average molecular weight is 414 g/mol. The number of rotatable bonds is 7. The van der Waals surface area contributed by atoms with Crippen molar-refractivity contribution in [2.24, 2.45) is 0 Å². The second kappa shape index (κ2) is 8.40. The van der Waals surface area contributed by atoms with Gasteiger partial charge in [0.1, 0.15) is 11.5 Å². The summed E-state index contributed by atoms with van der Waals surface area (Å²) in [5.41, 5.74) is 1.72. The summed E-state index contributed by atoms with van der Waals surface area (Å²) in [7, 11) is -2.38. The third-order valence-corrected chi connectivity index (χ3v) is 6.13. The Morgan fingerprint density at radius 2 is 1.79 bits per heavy atom. The van der Waals surface area contributed by atoms with Crippen molar-refractivity contribution in [3.05, 3.63) is 77.2 Å². The van der Waals surface area contributed by atoms with Crippen LogP contribution in [0.2, 0.25) is 0 Å². The van der Waals surface area contributed by atoms with Gasteiger partial charge in [-0.05, 0) is 61.4 Å². The van der Waals surface area contributed by atoms with Gasteiger partial charge in [0.05, 0.1) is 36.1 Å². The third kappa shape index (κ3) is 4.43. The van der Waals surface area contributed by atoms with E-state index in [1.54, 1.807) is 56.3 Å². The summed E-state index contributed by atoms with van der Waals surface area (Å²) in [6.07, 6.45) is 1.52. The number of carbonyl (C=O) groups is 1. The Morgan fingerprint density at radius 1 is 1.03 bits per heavy atom. The van der Waals surface area contributed by atoms with Gasteiger partial charge in [-0.3, -0.25) is 9.52 Å². The van der Waals surface area contributed by atoms with Crippen LogP contribution in [-0.2, 0) is 16.6 Å². The van der Waals surface area contributed by atoms with Gasteiger partial charge in [0.25, 0.3) is 15.9 Å². The first-order chi connectivity index (χ1) is 13.8. The third-order valence-electron chi connectivity index (χ3n) is 4.62. The lowest BCUT2D eigenvalue weighted by Crippen LogP contribution is -2.25. The number of ether oxygens (including phenoxy) is 1. The van der Waals surface area contributed by atoms with Crippen LogP contribution in [0.3, 0.4) is 0 Å². The molecule has 3 rings (SSSR count). The number of para-hydroxylation sites is 1. The molecule has 0 saturated carbocycles. The highest BCUT2D eigenvalue weighted by atomic mass is 32.2. The van der Waals surface area contributed by atoms with Gasteiger partial charge in [0, 0.05) is 0 Å². The van der Waals surface area contributed by atoms with Gasteiger partial charge in [-0.1, -0.05) is 12.1 Å². The van der Waals surface area contributed by atoms with Gasteiger partial charge in [-0.15, -0.1) is 0 Å². The van der Waals surface area contributed by atoms with Crippen molar-refractivity contribution in [2.75, 3.05) is 11.8 Å². The van der Waals surface area contributed by atoms with Gasteiger partial charge in [0.15, 0.2) is 0 Å². The number of amides is 1. The maximum absolute atomic E-state index is 13.0. The number of methoxy groups -OCH3 is 1. The number of sulfonamides is 1. The van der Waals surface area contributed by atoms with Gasteiger partial charge in [0.2, 0.25) is 0 Å². The van der Waals surface area contributed by atoms with Crippen LogP contribution in [0, 0.1) is 13.8 Å². The first kappa shape index (κ1) is 20.5. The molecule has 0 atom stereocenters. The fraction of sp³-hybridized carbons (Fsp3) is 0.190. The molecule has 0 aliphatic heterocycles. The number of furan rings is 1. The Bertz CT molecular complexity index is 1120. The number of anilines is 1. The molecule has 0 aliphatic rings. The Labute approximate surface area is 169 Å². The van der Waals surface area contributed by atoms with E-state index in [9.17, 15) is 13.2 Å². The smallest absolute Gasteiger partial charge is 0.262 e. The van der Waals surface area contributed by atoms with E-state index < -0.39 is 15.9 Å². The fourth-order valence-corrected chi connectivity index (χ4v) is 4.31. The molecule has 0 radical (unpaired) electrons. The number of hydrogen-bond donors (Lipinski definition) is 2. The molecule has 0 bridgehead atoms. The summed E-state index contributed by atoms with van der Waals surface area (Å²) < 4.78 is 39.0. The van der Waals surface area contributed by atoms with Crippen LogP contribution in [0.4, 0.5) is 5.69 Å². The minimum absolute atomic E-state index is 0.126. The maximum atomic E-state index is 13.0. The Hall–Kier alpha value is -3.26. The minimum atomic E-state index is -3.91. The fourth-order valence-electron chi connectivity index (χ4n) is 2.93.